The van der Waals surface area contributed by atoms with Crippen molar-refractivity contribution in [2.45, 2.75) is 12.2 Å². The second-order valence-electron chi connectivity index (χ2n) is 3.02. The van der Waals surface area contributed by atoms with Crippen molar-refractivity contribution in [2.24, 2.45) is 4.99 Å². The highest BCUT2D eigenvalue weighted by Crippen LogP contribution is 2.20. The Kier molecular flexibility index (Phi) is 3.90. The lowest BCUT2D eigenvalue weighted by atomic mass is 10.0. The summed E-state index contributed by atoms with van der Waals surface area (Å²) >= 11 is 0. The van der Waals surface area contributed by atoms with Gasteiger partial charge in [0.15, 0.2) is 6.10 Å². The number of aliphatic carboxylic acids is 1. The molecule has 1 rings (SSSR count). The summed E-state index contributed by atoms with van der Waals surface area (Å²) < 4.78 is 0. The Morgan fingerprint density at radius 3 is 2.25 bits per heavy atom. The smallest absolute Gasteiger partial charge is 0.335 e. The molecule has 0 fully saturated rings. The number of rotatable bonds is 4. The van der Waals surface area contributed by atoms with E-state index in [2.05, 4.69) is 4.99 Å². The van der Waals surface area contributed by atoms with Crippen LogP contribution >= 0.6 is 0 Å². The number of nitrogens with zero attached hydrogens (tertiary/aromatic N) is 1. The fourth-order valence-corrected chi connectivity index (χ4v) is 1.12. The van der Waals surface area contributed by atoms with Crippen LogP contribution < -0.4 is 0 Å². The Bertz CT molecular complexity index is 421. The topological polar surface area (TPSA) is 107 Å². The molecule has 0 bridgehead atoms. The normalized spacial score (nSPS) is 13.6. The summed E-state index contributed by atoms with van der Waals surface area (Å²) in [7, 11) is 0. The van der Waals surface area contributed by atoms with Crippen LogP contribution in [0.5, 0.6) is 0 Å². The van der Waals surface area contributed by atoms with Crippen LogP contribution in [0.2, 0.25) is 0 Å². The largest absolute Gasteiger partial charge is 0.479 e. The molecule has 2 unspecified atom stereocenters. The molecule has 0 aliphatic heterocycles. The molecule has 6 heteroatoms. The molecule has 16 heavy (non-hydrogen) atoms. The Hall–Kier alpha value is -2.01. The Balaban J connectivity index is 2.89. The zero-order valence-electron chi connectivity index (χ0n) is 8.07. The van der Waals surface area contributed by atoms with Crippen LogP contribution in [0, 0.1) is 0 Å². The first kappa shape index (κ1) is 12.1. The van der Waals surface area contributed by atoms with E-state index >= 15 is 0 Å². The van der Waals surface area contributed by atoms with Gasteiger partial charge in [-0.05, 0) is 17.7 Å². The number of isocyanates is 1. The van der Waals surface area contributed by atoms with Crippen LogP contribution in [-0.2, 0) is 9.59 Å². The van der Waals surface area contributed by atoms with Crippen molar-refractivity contribution in [3.63, 3.8) is 0 Å². The minimum Gasteiger partial charge on any atom is -0.479 e. The Morgan fingerprint density at radius 1 is 1.25 bits per heavy atom. The van der Waals surface area contributed by atoms with Crippen molar-refractivity contribution in [1.29, 1.82) is 0 Å². The first-order valence-electron chi connectivity index (χ1n) is 4.33. The molecule has 1 aromatic rings. The number of carboxylic acids is 1. The molecule has 3 N–H and O–H groups in total. The molecule has 6 nitrogen and oxygen atoms in total. The first-order chi connectivity index (χ1) is 7.56. The molecule has 0 heterocycles. The first-order valence-corrected chi connectivity index (χ1v) is 4.33. The summed E-state index contributed by atoms with van der Waals surface area (Å²) in [5, 5.41) is 27.0. The van der Waals surface area contributed by atoms with Crippen LogP contribution in [0.3, 0.4) is 0 Å². The molecule has 1 aromatic carbocycles. The fourth-order valence-electron chi connectivity index (χ4n) is 1.12. The van der Waals surface area contributed by atoms with Crippen molar-refractivity contribution in [3.8, 4) is 0 Å². The maximum atomic E-state index is 10.4. The molecule has 0 saturated heterocycles. The Labute approximate surface area is 90.5 Å². The summed E-state index contributed by atoms with van der Waals surface area (Å²) in [5.41, 5.74) is 0.551. The van der Waals surface area contributed by atoms with Crippen LogP contribution in [0.4, 0.5) is 5.69 Å². The molecular formula is C10H9NO5. The van der Waals surface area contributed by atoms with Gasteiger partial charge in [-0.2, -0.15) is 4.99 Å². The Morgan fingerprint density at radius 2 is 1.81 bits per heavy atom. The predicted molar refractivity (Wildman–Crippen MR) is 52.8 cm³/mol. The van der Waals surface area contributed by atoms with Gasteiger partial charge >= 0.3 is 5.97 Å². The highest BCUT2D eigenvalue weighted by molar-refractivity contribution is 5.73. The number of benzene rings is 1. The molecular weight excluding hydrogens is 214 g/mol. The number of hydrogen-bond acceptors (Lipinski definition) is 5. The highest BCUT2D eigenvalue weighted by atomic mass is 16.4. The molecule has 0 aliphatic carbocycles. The lowest BCUT2D eigenvalue weighted by Gasteiger charge is -2.13. The van der Waals surface area contributed by atoms with Crippen molar-refractivity contribution in [2.75, 3.05) is 0 Å². The van der Waals surface area contributed by atoms with Gasteiger partial charge in [0.2, 0.25) is 6.08 Å². The number of aliphatic hydroxyl groups excluding tert-OH is 2. The van der Waals surface area contributed by atoms with Crippen molar-refractivity contribution >= 4 is 17.7 Å². The van der Waals surface area contributed by atoms with Gasteiger partial charge in [-0.25, -0.2) is 9.59 Å². The van der Waals surface area contributed by atoms with Crippen molar-refractivity contribution in [3.05, 3.63) is 29.8 Å². The van der Waals surface area contributed by atoms with E-state index in [-0.39, 0.29) is 5.56 Å². The minimum atomic E-state index is -1.89. The van der Waals surface area contributed by atoms with E-state index in [0.29, 0.717) is 5.69 Å². The third-order valence-corrected chi connectivity index (χ3v) is 1.96. The quantitative estimate of drug-likeness (QED) is 0.497. The number of carbonyl (C=O) groups is 1. The third kappa shape index (κ3) is 2.74. The average Bonchev–Trinajstić information content (AvgIpc) is 2.28. The maximum absolute atomic E-state index is 10.4. The molecule has 0 saturated carbocycles. The standard InChI is InChI=1S/C10H9NO5/c12-5-11-7-3-1-6(2-4-7)8(13)9(14)10(15)16/h1-4,8-9,13-14H,(H,15,16). The summed E-state index contributed by atoms with van der Waals surface area (Å²) in [6.45, 7) is 0. The van der Waals surface area contributed by atoms with E-state index in [4.69, 9.17) is 10.2 Å². The van der Waals surface area contributed by atoms with E-state index in [1.807, 2.05) is 0 Å². The maximum Gasteiger partial charge on any atom is 0.335 e. The van der Waals surface area contributed by atoms with E-state index in [1.54, 1.807) is 0 Å². The molecule has 0 aromatic heterocycles. The van der Waals surface area contributed by atoms with Crippen LogP contribution in [0.15, 0.2) is 29.3 Å². The van der Waals surface area contributed by atoms with Gasteiger partial charge in [0.05, 0.1) is 5.69 Å². The van der Waals surface area contributed by atoms with Gasteiger partial charge < -0.3 is 15.3 Å². The van der Waals surface area contributed by atoms with Crippen LogP contribution in [0.1, 0.15) is 11.7 Å². The van der Waals surface area contributed by atoms with E-state index in [9.17, 15) is 14.7 Å². The second-order valence-corrected chi connectivity index (χ2v) is 3.02. The number of carboxylic acid groups (broad SMARTS) is 1. The van der Waals surface area contributed by atoms with Crippen LogP contribution in [0.25, 0.3) is 0 Å². The lowest BCUT2D eigenvalue weighted by Crippen LogP contribution is -2.27. The molecule has 0 spiro atoms. The van der Waals surface area contributed by atoms with Gasteiger partial charge in [-0.15, -0.1) is 0 Å². The summed E-state index contributed by atoms with van der Waals surface area (Å²) in [6.07, 6.45) is -2.07. The highest BCUT2D eigenvalue weighted by Gasteiger charge is 2.24. The average molecular weight is 223 g/mol. The summed E-state index contributed by atoms with van der Waals surface area (Å²) in [4.78, 5) is 23.7. The monoisotopic (exact) mass is 223 g/mol. The summed E-state index contributed by atoms with van der Waals surface area (Å²) in [5.74, 6) is -1.51. The lowest BCUT2D eigenvalue weighted by molar-refractivity contribution is -0.153. The predicted octanol–water partition coefficient (Wildman–Crippen LogP) is 0.133. The number of aliphatic hydroxyl groups is 2. The van der Waals surface area contributed by atoms with Gasteiger partial charge in [-0.3, -0.25) is 0 Å². The number of hydrogen-bond donors (Lipinski definition) is 3. The number of carbonyl (C=O) groups excluding carboxylic acids is 1. The fraction of sp³-hybridized carbons (Fsp3) is 0.200. The molecule has 2 atom stereocenters. The molecule has 84 valence electrons. The van der Waals surface area contributed by atoms with E-state index < -0.39 is 18.2 Å². The van der Waals surface area contributed by atoms with Crippen LogP contribution in [-0.4, -0.2) is 33.5 Å². The SMILES string of the molecule is O=C=Nc1ccc(C(O)C(O)C(=O)O)cc1. The molecule has 0 amide bonds. The minimum absolute atomic E-state index is 0.222. The van der Waals surface area contributed by atoms with Gasteiger partial charge in [0.1, 0.15) is 6.10 Å². The third-order valence-electron chi connectivity index (χ3n) is 1.96. The van der Waals surface area contributed by atoms with Gasteiger partial charge in [0, 0.05) is 0 Å². The van der Waals surface area contributed by atoms with Crippen molar-refractivity contribution < 1.29 is 24.9 Å². The second kappa shape index (κ2) is 5.18. The van der Waals surface area contributed by atoms with Gasteiger partial charge in [-0.1, -0.05) is 12.1 Å². The molecule has 0 aliphatic rings. The van der Waals surface area contributed by atoms with E-state index in [1.165, 1.54) is 30.3 Å². The number of aliphatic imine (C=N–C) groups is 1. The summed E-state index contributed by atoms with van der Waals surface area (Å²) in [6, 6.07) is 5.54. The van der Waals surface area contributed by atoms with Crippen molar-refractivity contribution in [1.82, 2.24) is 0 Å². The van der Waals surface area contributed by atoms with Gasteiger partial charge in [0.25, 0.3) is 0 Å². The zero-order valence-corrected chi connectivity index (χ0v) is 8.07. The van der Waals surface area contributed by atoms with E-state index in [0.717, 1.165) is 0 Å². The zero-order chi connectivity index (χ0) is 12.1. The molecule has 0 radical (unpaired) electrons.